The summed E-state index contributed by atoms with van der Waals surface area (Å²) in [6.45, 7) is 5.05. The fraction of sp³-hybridized carbons (Fsp3) is 0.471. The molecule has 2 atom stereocenters. The van der Waals surface area contributed by atoms with Gasteiger partial charge in [-0.3, -0.25) is 19.7 Å². The fourth-order valence-electron chi connectivity index (χ4n) is 2.41. The molecule has 26 heavy (non-hydrogen) atoms. The summed E-state index contributed by atoms with van der Waals surface area (Å²) >= 11 is 0. The molecule has 0 heterocycles. The quantitative estimate of drug-likeness (QED) is 0.445. The van der Waals surface area contributed by atoms with Gasteiger partial charge in [0.25, 0.3) is 5.69 Å². The SMILES string of the molecule is CC(=O)N[C@@H](CC(C)C)C(=O)N[C@H](Cc1ccc([N+](=O)[O-])cc1)C(=O)O. The standard InChI is InChI=1S/C17H23N3O6/c1-10(2)8-14(18-11(3)21)16(22)19-15(17(23)24)9-12-4-6-13(7-5-12)20(25)26/h4-7,10,14-15H,8-9H2,1-3H3,(H,18,21)(H,19,22)(H,23,24)/t14-,15+/m0/s1. The zero-order valence-electron chi connectivity index (χ0n) is 14.9. The summed E-state index contributed by atoms with van der Waals surface area (Å²) in [5.41, 5.74) is 0.426. The van der Waals surface area contributed by atoms with E-state index in [2.05, 4.69) is 10.6 Å². The van der Waals surface area contributed by atoms with Gasteiger partial charge >= 0.3 is 5.97 Å². The van der Waals surface area contributed by atoms with E-state index in [4.69, 9.17) is 0 Å². The Hall–Kier alpha value is -2.97. The van der Waals surface area contributed by atoms with Crippen molar-refractivity contribution in [3.05, 3.63) is 39.9 Å². The number of carboxylic acids is 1. The predicted molar refractivity (Wildman–Crippen MR) is 93.4 cm³/mol. The molecule has 0 aliphatic rings. The van der Waals surface area contributed by atoms with Crippen LogP contribution in [0.2, 0.25) is 0 Å². The van der Waals surface area contributed by atoms with Crippen LogP contribution in [0.25, 0.3) is 0 Å². The van der Waals surface area contributed by atoms with Crippen LogP contribution in [0, 0.1) is 16.0 Å². The monoisotopic (exact) mass is 365 g/mol. The Morgan fingerprint density at radius 1 is 1.12 bits per heavy atom. The average Bonchev–Trinajstić information content (AvgIpc) is 2.53. The molecule has 0 aliphatic carbocycles. The lowest BCUT2D eigenvalue weighted by Gasteiger charge is -2.22. The van der Waals surface area contributed by atoms with E-state index in [1.54, 1.807) is 0 Å². The minimum absolute atomic E-state index is 0.0342. The number of aliphatic carboxylic acids is 1. The van der Waals surface area contributed by atoms with E-state index >= 15 is 0 Å². The van der Waals surface area contributed by atoms with E-state index in [0.717, 1.165) is 0 Å². The summed E-state index contributed by atoms with van der Waals surface area (Å²) in [6, 6.07) is 3.39. The summed E-state index contributed by atoms with van der Waals surface area (Å²) in [5.74, 6) is -2.07. The van der Waals surface area contributed by atoms with E-state index in [9.17, 15) is 29.6 Å². The maximum Gasteiger partial charge on any atom is 0.326 e. The molecule has 0 aliphatic heterocycles. The number of benzene rings is 1. The zero-order valence-corrected chi connectivity index (χ0v) is 14.9. The lowest BCUT2D eigenvalue weighted by atomic mass is 10.0. The first-order valence-corrected chi connectivity index (χ1v) is 8.13. The molecule has 9 nitrogen and oxygen atoms in total. The minimum Gasteiger partial charge on any atom is -0.480 e. The van der Waals surface area contributed by atoms with Gasteiger partial charge in [0.1, 0.15) is 12.1 Å². The Kier molecular flexibility index (Phi) is 7.70. The second kappa shape index (κ2) is 9.50. The van der Waals surface area contributed by atoms with Crippen molar-refractivity contribution >= 4 is 23.5 Å². The predicted octanol–water partition coefficient (Wildman–Crippen LogP) is 1.26. The molecule has 0 spiro atoms. The third-order valence-corrected chi connectivity index (χ3v) is 3.60. The second-order valence-electron chi connectivity index (χ2n) is 6.41. The number of nitrogens with one attached hydrogen (secondary N) is 2. The van der Waals surface area contributed by atoms with Gasteiger partial charge in [0.05, 0.1) is 4.92 Å². The molecule has 0 aromatic heterocycles. The normalized spacial score (nSPS) is 12.9. The van der Waals surface area contributed by atoms with Gasteiger partial charge in [-0.05, 0) is 17.9 Å². The highest BCUT2D eigenvalue weighted by atomic mass is 16.6. The molecule has 0 unspecified atom stereocenters. The summed E-state index contributed by atoms with van der Waals surface area (Å²) < 4.78 is 0. The van der Waals surface area contributed by atoms with Gasteiger partial charge in [-0.1, -0.05) is 26.0 Å². The Morgan fingerprint density at radius 2 is 1.69 bits per heavy atom. The van der Waals surface area contributed by atoms with Crippen LogP contribution in [0.5, 0.6) is 0 Å². The Morgan fingerprint density at radius 3 is 2.12 bits per heavy atom. The Balaban J connectivity index is 2.85. The van der Waals surface area contributed by atoms with Gasteiger partial charge < -0.3 is 15.7 Å². The van der Waals surface area contributed by atoms with Crippen LogP contribution in [0.4, 0.5) is 5.69 Å². The third-order valence-electron chi connectivity index (χ3n) is 3.60. The minimum atomic E-state index is -1.23. The zero-order chi connectivity index (χ0) is 19.9. The number of non-ortho nitro benzene ring substituents is 1. The summed E-state index contributed by atoms with van der Waals surface area (Å²) in [6.07, 6.45) is 0.336. The number of carboxylic acid groups (broad SMARTS) is 1. The van der Waals surface area contributed by atoms with E-state index in [1.807, 2.05) is 13.8 Å². The van der Waals surface area contributed by atoms with Crippen molar-refractivity contribution in [2.45, 2.75) is 45.7 Å². The molecule has 3 N–H and O–H groups in total. The van der Waals surface area contributed by atoms with E-state index in [0.29, 0.717) is 12.0 Å². The molecular weight excluding hydrogens is 342 g/mol. The molecule has 0 saturated heterocycles. The van der Waals surface area contributed by atoms with Gasteiger partial charge in [-0.25, -0.2) is 4.79 Å². The molecular formula is C17H23N3O6. The van der Waals surface area contributed by atoms with Gasteiger partial charge in [0.15, 0.2) is 0 Å². The Bertz CT molecular complexity index is 672. The van der Waals surface area contributed by atoms with Crippen molar-refractivity contribution in [1.82, 2.24) is 10.6 Å². The highest BCUT2D eigenvalue weighted by Crippen LogP contribution is 2.14. The van der Waals surface area contributed by atoms with Gasteiger partial charge in [-0.2, -0.15) is 0 Å². The number of nitro benzene ring substituents is 1. The highest BCUT2D eigenvalue weighted by Gasteiger charge is 2.26. The van der Waals surface area contributed by atoms with Crippen LogP contribution in [0.15, 0.2) is 24.3 Å². The first-order valence-electron chi connectivity index (χ1n) is 8.13. The van der Waals surface area contributed by atoms with E-state index in [1.165, 1.54) is 31.2 Å². The van der Waals surface area contributed by atoms with Crippen molar-refractivity contribution in [2.24, 2.45) is 5.92 Å². The van der Waals surface area contributed by atoms with Gasteiger partial charge in [0.2, 0.25) is 11.8 Å². The molecule has 0 radical (unpaired) electrons. The first kappa shape index (κ1) is 21.1. The molecule has 1 aromatic carbocycles. The highest BCUT2D eigenvalue weighted by molar-refractivity contribution is 5.90. The number of nitrogens with zero attached hydrogens (tertiary/aromatic N) is 1. The molecule has 0 bridgehead atoms. The van der Waals surface area contributed by atoms with Crippen molar-refractivity contribution in [3.8, 4) is 0 Å². The molecule has 1 aromatic rings. The number of hydrogen-bond donors (Lipinski definition) is 3. The fourth-order valence-corrected chi connectivity index (χ4v) is 2.41. The lowest BCUT2D eigenvalue weighted by molar-refractivity contribution is -0.384. The van der Waals surface area contributed by atoms with E-state index < -0.39 is 28.9 Å². The van der Waals surface area contributed by atoms with Gasteiger partial charge in [-0.15, -0.1) is 0 Å². The van der Waals surface area contributed by atoms with Crippen LogP contribution in [0.3, 0.4) is 0 Å². The van der Waals surface area contributed by atoms with Crippen molar-refractivity contribution < 1.29 is 24.4 Å². The largest absolute Gasteiger partial charge is 0.480 e. The number of amides is 2. The number of nitro groups is 1. The molecule has 1 rings (SSSR count). The molecule has 2 amide bonds. The van der Waals surface area contributed by atoms with Crippen molar-refractivity contribution in [3.63, 3.8) is 0 Å². The summed E-state index contributed by atoms with van der Waals surface area (Å²) in [7, 11) is 0. The maximum atomic E-state index is 12.4. The van der Waals surface area contributed by atoms with Crippen LogP contribution >= 0.6 is 0 Å². The number of carbonyl (C=O) groups excluding carboxylic acids is 2. The van der Waals surface area contributed by atoms with Crippen molar-refractivity contribution in [1.29, 1.82) is 0 Å². The van der Waals surface area contributed by atoms with Gasteiger partial charge in [0, 0.05) is 25.5 Å². The maximum absolute atomic E-state index is 12.4. The smallest absolute Gasteiger partial charge is 0.326 e. The number of hydrogen-bond acceptors (Lipinski definition) is 5. The molecule has 142 valence electrons. The van der Waals surface area contributed by atoms with Crippen LogP contribution < -0.4 is 10.6 Å². The molecule has 9 heteroatoms. The molecule has 0 saturated carbocycles. The van der Waals surface area contributed by atoms with Crippen LogP contribution in [-0.4, -0.2) is 39.9 Å². The topological polar surface area (TPSA) is 139 Å². The number of rotatable bonds is 9. The summed E-state index contributed by atoms with van der Waals surface area (Å²) in [5, 5.41) is 25.0. The average molecular weight is 365 g/mol. The first-order chi connectivity index (χ1) is 12.1. The molecule has 0 fully saturated rings. The second-order valence-corrected chi connectivity index (χ2v) is 6.41. The van der Waals surface area contributed by atoms with Crippen LogP contribution in [0.1, 0.15) is 32.8 Å². The summed E-state index contributed by atoms with van der Waals surface area (Å²) in [4.78, 5) is 45.2. The number of carbonyl (C=O) groups is 3. The van der Waals surface area contributed by atoms with E-state index in [-0.39, 0.29) is 23.9 Å². The van der Waals surface area contributed by atoms with Crippen molar-refractivity contribution in [2.75, 3.05) is 0 Å². The van der Waals surface area contributed by atoms with Crippen LogP contribution in [-0.2, 0) is 20.8 Å². The third kappa shape index (κ3) is 6.88. The lowest BCUT2D eigenvalue weighted by Crippen LogP contribution is -2.52. The Labute approximate surface area is 150 Å².